The monoisotopic (exact) mass is 323 g/mol. The number of aryl methyl sites for hydroxylation is 1. The molecule has 1 heterocycles. The summed E-state index contributed by atoms with van der Waals surface area (Å²) in [4.78, 5) is 25.7. The van der Waals surface area contributed by atoms with Gasteiger partial charge >= 0.3 is 5.97 Å². The van der Waals surface area contributed by atoms with Gasteiger partial charge in [0.15, 0.2) is 0 Å². The van der Waals surface area contributed by atoms with Crippen LogP contribution in [0.5, 0.6) is 0 Å². The molecular formula is C17H25NO3S. The molecule has 0 fully saturated rings. The molecule has 1 amide bonds. The van der Waals surface area contributed by atoms with E-state index in [0.29, 0.717) is 17.0 Å². The first-order chi connectivity index (χ1) is 10.5. The fourth-order valence-electron chi connectivity index (χ4n) is 2.74. The largest absolute Gasteiger partial charge is 0.459 e. The minimum atomic E-state index is -0.304. The SMILES string of the molecule is CCCC(=O)Nc1sc2c(c1C(=O)OC(C)C)CCCCC2. The van der Waals surface area contributed by atoms with Crippen LogP contribution in [0.4, 0.5) is 5.00 Å². The molecule has 0 bridgehead atoms. The quantitative estimate of drug-likeness (QED) is 0.648. The van der Waals surface area contributed by atoms with Gasteiger partial charge in [-0.1, -0.05) is 13.3 Å². The minimum absolute atomic E-state index is 0.0301. The first-order valence-electron chi connectivity index (χ1n) is 8.18. The zero-order valence-electron chi connectivity index (χ0n) is 13.7. The Morgan fingerprint density at radius 2 is 1.95 bits per heavy atom. The van der Waals surface area contributed by atoms with E-state index in [-0.39, 0.29) is 18.0 Å². The maximum Gasteiger partial charge on any atom is 0.341 e. The molecule has 1 aromatic heterocycles. The summed E-state index contributed by atoms with van der Waals surface area (Å²) >= 11 is 1.55. The van der Waals surface area contributed by atoms with Gasteiger partial charge in [0.1, 0.15) is 5.00 Å². The van der Waals surface area contributed by atoms with Crippen molar-refractivity contribution in [3.05, 3.63) is 16.0 Å². The van der Waals surface area contributed by atoms with Crippen LogP contribution in [0, 0.1) is 0 Å². The molecule has 0 radical (unpaired) electrons. The molecule has 4 nitrogen and oxygen atoms in total. The van der Waals surface area contributed by atoms with Crippen LogP contribution < -0.4 is 5.32 Å². The van der Waals surface area contributed by atoms with Crippen molar-refractivity contribution in [2.45, 2.75) is 71.8 Å². The number of carbonyl (C=O) groups is 2. The Hall–Kier alpha value is -1.36. The van der Waals surface area contributed by atoms with Gasteiger partial charge in [-0.3, -0.25) is 4.79 Å². The highest BCUT2D eigenvalue weighted by molar-refractivity contribution is 7.17. The van der Waals surface area contributed by atoms with Crippen LogP contribution >= 0.6 is 11.3 Å². The highest BCUT2D eigenvalue weighted by atomic mass is 32.1. The first-order valence-corrected chi connectivity index (χ1v) is 9.00. The summed E-state index contributed by atoms with van der Waals surface area (Å²) in [5.41, 5.74) is 1.69. The van der Waals surface area contributed by atoms with E-state index >= 15 is 0 Å². The van der Waals surface area contributed by atoms with Gasteiger partial charge in [-0.05, 0) is 51.5 Å². The van der Waals surface area contributed by atoms with E-state index in [9.17, 15) is 9.59 Å². The second-order valence-corrected chi connectivity index (χ2v) is 7.13. The van der Waals surface area contributed by atoms with Crippen LogP contribution in [0.2, 0.25) is 0 Å². The molecule has 0 aliphatic heterocycles. The average molecular weight is 323 g/mol. The van der Waals surface area contributed by atoms with Crippen molar-refractivity contribution in [1.29, 1.82) is 0 Å². The molecular weight excluding hydrogens is 298 g/mol. The summed E-state index contributed by atoms with van der Waals surface area (Å²) < 4.78 is 5.40. The van der Waals surface area contributed by atoms with Gasteiger partial charge in [-0.25, -0.2) is 4.79 Å². The molecule has 22 heavy (non-hydrogen) atoms. The van der Waals surface area contributed by atoms with Gasteiger partial charge in [0, 0.05) is 11.3 Å². The number of amides is 1. The summed E-state index contributed by atoms with van der Waals surface area (Å²) in [6.07, 6.45) is 6.43. The Kier molecular flexibility index (Phi) is 6.00. The predicted octanol–water partition coefficient (Wildman–Crippen LogP) is 4.32. The maximum atomic E-state index is 12.5. The standard InChI is InChI=1S/C17H25NO3S/c1-4-8-14(19)18-16-15(17(20)21-11(2)3)12-9-6-5-7-10-13(12)22-16/h11H,4-10H2,1-3H3,(H,18,19). The van der Waals surface area contributed by atoms with E-state index in [1.165, 1.54) is 11.3 Å². The summed E-state index contributed by atoms with van der Waals surface area (Å²) in [6, 6.07) is 0. The lowest BCUT2D eigenvalue weighted by atomic mass is 10.1. The van der Waals surface area contributed by atoms with Crippen LogP contribution in [0.1, 0.15) is 73.7 Å². The van der Waals surface area contributed by atoms with Crippen LogP contribution in [0.15, 0.2) is 0 Å². The van der Waals surface area contributed by atoms with Crippen molar-refractivity contribution >= 4 is 28.2 Å². The van der Waals surface area contributed by atoms with E-state index in [1.54, 1.807) is 11.3 Å². The number of carbonyl (C=O) groups excluding carboxylic acids is 2. The van der Waals surface area contributed by atoms with E-state index in [2.05, 4.69) is 5.32 Å². The Morgan fingerprint density at radius 3 is 2.64 bits per heavy atom. The molecule has 122 valence electrons. The fourth-order valence-corrected chi connectivity index (χ4v) is 4.03. The third kappa shape index (κ3) is 4.09. The zero-order valence-corrected chi connectivity index (χ0v) is 14.5. The number of hydrogen-bond acceptors (Lipinski definition) is 4. The van der Waals surface area contributed by atoms with Crippen LogP contribution in [-0.2, 0) is 22.4 Å². The van der Waals surface area contributed by atoms with Gasteiger partial charge in [-0.2, -0.15) is 0 Å². The molecule has 1 aromatic rings. The molecule has 2 rings (SSSR count). The summed E-state index contributed by atoms with van der Waals surface area (Å²) in [7, 11) is 0. The fraction of sp³-hybridized carbons (Fsp3) is 0.647. The Labute approximate surface area is 136 Å². The van der Waals surface area contributed by atoms with Gasteiger partial charge in [-0.15, -0.1) is 11.3 Å². The third-order valence-electron chi connectivity index (χ3n) is 3.70. The highest BCUT2D eigenvalue weighted by Gasteiger charge is 2.27. The van der Waals surface area contributed by atoms with Crippen molar-refractivity contribution in [2.75, 3.05) is 5.32 Å². The summed E-state index contributed by atoms with van der Waals surface area (Å²) in [5.74, 6) is -0.335. The predicted molar refractivity (Wildman–Crippen MR) is 89.7 cm³/mol. The number of anilines is 1. The van der Waals surface area contributed by atoms with Crippen molar-refractivity contribution in [2.24, 2.45) is 0 Å². The minimum Gasteiger partial charge on any atom is -0.459 e. The molecule has 1 N–H and O–H groups in total. The number of fused-ring (bicyclic) bond motifs is 1. The molecule has 5 heteroatoms. The first kappa shape index (κ1) is 17.0. The molecule has 0 saturated heterocycles. The number of nitrogens with one attached hydrogen (secondary N) is 1. The lowest BCUT2D eigenvalue weighted by molar-refractivity contribution is -0.116. The topological polar surface area (TPSA) is 55.4 Å². The van der Waals surface area contributed by atoms with E-state index in [4.69, 9.17) is 4.74 Å². The smallest absolute Gasteiger partial charge is 0.341 e. The van der Waals surface area contributed by atoms with E-state index in [0.717, 1.165) is 37.7 Å². The Bertz CT molecular complexity index is 548. The van der Waals surface area contributed by atoms with Crippen LogP contribution in [0.3, 0.4) is 0 Å². The zero-order chi connectivity index (χ0) is 16.1. The second kappa shape index (κ2) is 7.77. The lowest BCUT2D eigenvalue weighted by Gasteiger charge is -2.11. The number of ether oxygens (including phenoxy) is 1. The van der Waals surface area contributed by atoms with Crippen LogP contribution in [-0.4, -0.2) is 18.0 Å². The number of thiophene rings is 1. The molecule has 0 atom stereocenters. The molecule has 0 aromatic carbocycles. The van der Waals surface area contributed by atoms with E-state index < -0.39 is 0 Å². The number of hydrogen-bond donors (Lipinski definition) is 1. The number of rotatable bonds is 5. The van der Waals surface area contributed by atoms with Crippen molar-refractivity contribution < 1.29 is 14.3 Å². The normalized spacial score (nSPS) is 14.4. The molecule has 1 aliphatic rings. The molecule has 0 unspecified atom stereocenters. The van der Waals surface area contributed by atoms with Crippen molar-refractivity contribution in [3.8, 4) is 0 Å². The Balaban J connectivity index is 2.34. The number of esters is 1. The highest BCUT2D eigenvalue weighted by Crippen LogP contribution is 2.38. The van der Waals surface area contributed by atoms with Crippen LogP contribution in [0.25, 0.3) is 0 Å². The van der Waals surface area contributed by atoms with Gasteiger partial charge < -0.3 is 10.1 Å². The summed E-state index contributed by atoms with van der Waals surface area (Å²) in [6.45, 7) is 5.66. The molecule has 1 aliphatic carbocycles. The maximum absolute atomic E-state index is 12.5. The molecule has 0 spiro atoms. The van der Waals surface area contributed by atoms with Gasteiger partial charge in [0.2, 0.25) is 5.91 Å². The second-order valence-electron chi connectivity index (χ2n) is 6.02. The average Bonchev–Trinajstić information content (AvgIpc) is 2.61. The van der Waals surface area contributed by atoms with Gasteiger partial charge in [0.25, 0.3) is 0 Å². The Morgan fingerprint density at radius 1 is 1.23 bits per heavy atom. The van der Waals surface area contributed by atoms with Crippen molar-refractivity contribution in [1.82, 2.24) is 0 Å². The third-order valence-corrected chi connectivity index (χ3v) is 4.91. The van der Waals surface area contributed by atoms with Gasteiger partial charge in [0.05, 0.1) is 11.7 Å². The van der Waals surface area contributed by atoms with Crippen molar-refractivity contribution in [3.63, 3.8) is 0 Å². The van der Waals surface area contributed by atoms with E-state index in [1.807, 2.05) is 20.8 Å². The summed E-state index contributed by atoms with van der Waals surface area (Å²) in [5, 5.41) is 3.60. The molecule has 0 saturated carbocycles. The lowest BCUT2D eigenvalue weighted by Crippen LogP contribution is -2.17.